The molecule has 7 heteroatoms. The lowest BCUT2D eigenvalue weighted by molar-refractivity contribution is -0.119. The minimum Gasteiger partial charge on any atom is -0.334 e. The first-order chi connectivity index (χ1) is 12.6. The maximum atomic E-state index is 13.7. The highest BCUT2D eigenvalue weighted by Gasteiger charge is 2.17. The molecular weight excluding hydrogens is 351 g/mol. The van der Waals surface area contributed by atoms with Crippen molar-refractivity contribution in [2.75, 3.05) is 5.32 Å². The van der Waals surface area contributed by atoms with Crippen LogP contribution in [0.25, 0.3) is 0 Å². The van der Waals surface area contributed by atoms with Crippen molar-refractivity contribution in [1.82, 2.24) is 14.5 Å². The molecule has 26 heavy (non-hydrogen) atoms. The molecule has 0 saturated carbocycles. The van der Waals surface area contributed by atoms with Crippen molar-refractivity contribution in [3.8, 4) is 0 Å². The zero-order valence-electron chi connectivity index (χ0n) is 14.8. The van der Waals surface area contributed by atoms with Crippen LogP contribution in [0.2, 0.25) is 0 Å². The Kier molecular flexibility index (Phi) is 5.78. The summed E-state index contributed by atoms with van der Waals surface area (Å²) in [6, 6.07) is 6.68. The van der Waals surface area contributed by atoms with Gasteiger partial charge in [-0.2, -0.15) is 0 Å². The van der Waals surface area contributed by atoms with Gasteiger partial charge >= 0.3 is 0 Å². The summed E-state index contributed by atoms with van der Waals surface area (Å²) >= 11 is 1.37. The van der Waals surface area contributed by atoms with E-state index in [-0.39, 0.29) is 17.6 Å². The quantitative estimate of drug-likeness (QED) is 0.684. The first kappa shape index (κ1) is 18.3. The summed E-state index contributed by atoms with van der Waals surface area (Å²) in [5, 5.41) is 3.39. The van der Waals surface area contributed by atoms with Crippen molar-refractivity contribution in [1.29, 1.82) is 0 Å². The topological polar surface area (TPSA) is 59.8 Å². The first-order valence-corrected chi connectivity index (χ1v) is 9.37. The third kappa shape index (κ3) is 4.35. The fourth-order valence-electron chi connectivity index (χ4n) is 2.70. The summed E-state index contributed by atoms with van der Waals surface area (Å²) in [4.78, 5) is 21.8. The van der Waals surface area contributed by atoms with Crippen LogP contribution in [0.1, 0.15) is 30.1 Å². The van der Waals surface area contributed by atoms with Gasteiger partial charge in [-0.3, -0.25) is 4.79 Å². The number of imidazole rings is 1. The Morgan fingerprint density at radius 1 is 1.35 bits per heavy atom. The van der Waals surface area contributed by atoms with Crippen molar-refractivity contribution in [2.24, 2.45) is 5.92 Å². The number of rotatable bonds is 7. The Hall–Kier alpha value is -2.54. The first-order valence-electron chi connectivity index (χ1n) is 8.55. The molecule has 5 nitrogen and oxygen atoms in total. The molecule has 1 amide bonds. The van der Waals surface area contributed by atoms with E-state index in [1.54, 1.807) is 24.5 Å². The highest BCUT2D eigenvalue weighted by molar-refractivity contribution is 7.15. The van der Waals surface area contributed by atoms with Gasteiger partial charge in [-0.15, -0.1) is 11.3 Å². The summed E-state index contributed by atoms with van der Waals surface area (Å²) in [6.45, 7) is 4.49. The molecular formula is C19H21FN4OS. The van der Waals surface area contributed by atoms with Crippen LogP contribution in [0.3, 0.4) is 0 Å². The Morgan fingerprint density at radius 3 is 2.92 bits per heavy atom. The summed E-state index contributed by atoms with van der Waals surface area (Å²) in [5.74, 6) is 0.430. The number of aromatic nitrogens is 3. The smallest absolute Gasteiger partial charge is 0.230 e. The monoisotopic (exact) mass is 372 g/mol. The van der Waals surface area contributed by atoms with Crippen molar-refractivity contribution in [3.05, 3.63) is 64.9 Å². The van der Waals surface area contributed by atoms with Gasteiger partial charge in [-0.25, -0.2) is 14.4 Å². The molecule has 3 aromatic rings. The number of hydrogen-bond acceptors (Lipinski definition) is 4. The Bertz CT molecular complexity index is 889. The van der Waals surface area contributed by atoms with E-state index in [2.05, 4.69) is 15.3 Å². The summed E-state index contributed by atoms with van der Waals surface area (Å²) in [6.07, 6.45) is 6.61. The van der Waals surface area contributed by atoms with Gasteiger partial charge in [0.25, 0.3) is 0 Å². The SMILES string of the molecule is CCc1nccn1C[C@@H](C)C(=O)Nc1ncc(Cc2ccccc2F)s1. The molecule has 0 fully saturated rings. The molecule has 0 radical (unpaired) electrons. The van der Waals surface area contributed by atoms with Gasteiger partial charge in [0.15, 0.2) is 5.13 Å². The van der Waals surface area contributed by atoms with E-state index in [1.807, 2.05) is 30.7 Å². The number of aryl methyl sites for hydroxylation is 1. The van der Waals surface area contributed by atoms with Gasteiger partial charge in [0.2, 0.25) is 5.91 Å². The van der Waals surface area contributed by atoms with Crippen LogP contribution in [0.5, 0.6) is 0 Å². The normalized spacial score (nSPS) is 12.1. The van der Waals surface area contributed by atoms with E-state index in [9.17, 15) is 9.18 Å². The molecule has 1 aromatic carbocycles. The van der Waals surface area contributed by atoms with Crippen LogP contribution < -0.4 is 5.32 Å². The highest BCUT2D eigenvalue weighted by Crippen LogP contribution is 2.23. The fourth-order valence-corrected chi connectivity index (χ4v) is 3.54. The van der Waals surface area contributed by atoms with E-state index < -0.39 is 0 Å². The number of benzene rings is 1. The number of carbonyl (C=O) groups is 1. The lowest BCUT2D eigenvalue weighted by Crippen LogP contribution is -2.24. The predicted molar refractivity (Wildman–Crippen MR) is 101 cm³/mol. The number of amides is 1. The van der Waals surface area contributed by atoms with Crippen LogP contribution >= 0.6 is 11.3 Å². The summed E-state index contributed by atoms with van der Waals surface area (Å²) in [5.41, 5.74) is 0.620. The molecule has 0 saturated heterocycles. The van der Waals surface area contributed by atoms with Gasteiger partial charge in [0.05, 0.1) is 5.92 Å². The molecule has 0 aliphatic rings. The lowest BCUT2D eigenvalue weighted by atomic mass is 10.1. The van der Waals surface area contributed by atoms with E-state index >= 15 is 0 Å². The average molecular weight is 372 g/mol. The van der Waals surface area contributed by atoms with Crippen LogP contribution in [-0.4, -0.2) is 20.4 Å². The fraction of sp³-hybridized carbons (Fsp3) is 0.316. The van der Waals surface area contributed by atoms with Crippen molar-refractivity contribution in [3.63, 3.8) is 0 Å². The molecule has 3 rings (SSSR count). The maximum Gasteiger partial charge on any atom is 0.230 e. The average Bonchev–Trinajstić information content (AvgIpc) is 3.26. The molecule has 2 heterocycles. The van der Waals surface area contributed by atoms with Crippen LogP contribution in [0.15, 0.2) is 42.9 Å². The van der Waals surface area contributed by atoms with Gasteiger partial charge in [0, 0.05) is 42.9 Å². The van der Waals surface area contributed by atoms with Gasteiger partial charge in [0.1, 0.15) is 11.6 Å². The van der Waals surface area contributed by atoms with Crippen LogP contribution in [-0.2, 0) is 24.2 Å². The maximum absolute atomic E-state index is 13.7. The Labute approximate surface area is 155 Å². The molecule has 0 bridgehead atoms. The van der Waals surface area contributed by atoms with Crippen molar-refractivity contribution >= 4 is 22.4 Å². The highest BCUT2D eigenvalue weighted by atomic mass is 32.1. The molecule has 1 N–H and O–H groups in total. The molecule has 0 aliphatic heterocycles. The number of nitrogens with one attached hydrogen (secondary N) is 1. The van der Waals surface area contributed by atoms with Gasteiger partial charge in [-0.05, 0) is 11.6 Å². The van der Waals surface area contributed by atoms with Crippen molar-refractivity contribution in [2.45, 2.75) is 33.2 Å². The second kappa shape index (κ2) is 8.23. The molecule has 136 valence electrons. The number of halogens is 1. The van der Waals surface area contributed by atoms with E-state index in [1.165, 1.54) is 17.4 Å². The summed E-state index contributed by atoms with van der Waals surface area (Å²) < 4.78 is 15.7. The van der Waals surface area contributed by atoms with E-state index in [0.717, 1.165) is 17.1 Å². The van der Waals surface area contributed by atoms with E-state index in [4.69, 9.17) is 0 Å². The molecule has 0 aliphatic carbocycles. The standard InChI is InChI=1S/C19H21FN4OS/c1-3-17-21-8-9-24(17)12-13(2)18(25)23-19-22-11-15(26-19)10-14-6-4-5-7-16(14)20/h4-9,11,13H,3,10,12H2,1-2H3,(H,22,23,25)/t13-/m1/s1. The lowest BCUT2D eigenvalue weighted by Gasteiger charge is -2.13. The third-order valence-electron chi connectivity index (χ3n) is 4.14. The second-order valence-electron chi connectivity index (χ2n) is 6.14. The van der Waals surface area contributed by atoms with Gasteiger partial charge < -0.3 is 9.88 Å². The molecule has 1 atom stereocenters. The Balaban J connectivity index is 1.59. The zero-order chi connectivity index (χ0) is 18.5. The minimum atomic E-state index is -0.229. The third-order valence-corrected chi connectivity index (χ3v) is 5.06. The van der Waals surface area contributed by atoms with Crippen LogP contribution in [0.4, 0.5) is 9.52 Å². The van der Waals surface area contributed by atoms with Gasteiger partial charge in [-0.1, -0.05) is 32.0 Å². The van der Waals surface area contributed by atoms with E-state index in [0.29, 0.717) is 23.7 Å². The number of hydrogen-bond donors (Lipinski definition) is 1. The molecule has 0 spiro atoms. The molecule has 0 unspecified atom stereocenters. The number of carbonyl (C=O) groups excluding carboxylic acids is 1. The largest absolute Gasteiger partial charge is 0.334 e. The molecule has 2 aromatic heterocycles. The zero-order valence-corrected chi connectivity index (χ0v) is 15.6. The number of anilines is 1. The predicted octanol–water partition coefficient (Wildman–Crippen LogP) is 3.91. The Morgan fingerprint density at radius 2 is 2.15 bits per heavy atom. The van der Waals surface area contributed by atoms with Crippen LogP contribution in [0, 0.1) is 11.7 Å². The summed E-state index contributed by atoms with van der Waals surface area (Å²) in [7, 11) is 0. The second-order valence-corrected chi connectivity index (χ2v) is 7.25. The minimum absolute atomic E-state index is 0.0902. The number of nitrogens with zero attached hydrogens (tertiary/aromatic N) is 3. The van der Waals surface area contributed by atoms with Crippen molar-refractivity contribution < 1.29 is 9.18 Å². The number of thiazole rings is 1.